The van der Waals surface area contributed by atoms with Gasteiger partial charge in [-0.25, -0.2) is 8.42 Å². The molecule has 3 aromatic rings. The van der Waals surface area contributed by atoms with E-state index in [4.69, 9.17) is 11.6 Å². The molecule has 7 nitrogen and oxygen atoms in total. The molecule has 1 N–H and O–H groups in total. The van der Waals surface area contributed by atoms with Crippen LogP contribution in [0.2, 0.25) is 5.02 Å². The zero-order chi connectivity index (χ0) is 31.2. The van der Waals surface area contributed by atoms with Crippen molar-refractivity contribution in [1.29, 1.82) is 0 Å². The molecule has 0 unspecified atom stereocenters. The summed E-state index contributed by atoms with van der Waals surface area (Å²) in [7, 11) is -4.58. The molecule has 3 aromatic carbocycles. The summed E-state index contributed by atoms with van der Waals surface area (Å²) in [6.45, 7) is 6.10. The molecule has 0 bridgehead atoms. The first-order valence-corrected chi connectivity index (χ1v) is 15.1. The third kappa shape index (κ3) is 8.04. The van der Waals surface area contributed by atoms with Crippen molar-refractivity contribution in [2.75, 3.05) is 10.8 Å². The number of nitrogens with zero attached hydrogens (tertiary/aromatic N) is 2. The number of nitrogens with one attached hydrogen (secondary N) is 1. The van der Waals surface area contributed by atoms with Gasteiger partial charge in [0.25, 0.3) is 10.0 Å². The molecular formula is C30H33ClF3N3O4S. The molecule has 2 atom stereocenters. The van der Waals surface area contributed by atoms with E-state index >= 15 is 0 Å². The average molecular weight is 624 g/mol. The maximum atomic E-state index is 14.0. The van der Waals surface area contributed by atoms with Crippen molar-refractivity contribution < 1.29 is 31.2 Å². The summed E-state index contributed by atoms with van der Waals surface area (Å²) in [4.78, 5) is 28.0. The van der Waals surface area contributed by atoms with E-state index in [1.165, 1.54) is 36.1 Å². The SMILES string of the molecule is CC[C@@H](C)NC(=O)[C@@H](C)N(Cc1cccc(C)c1)C(=O)CN(c1cc(C(F)(F)F)ccc1Cl)S(=O)(=O)c1ccccc1. The molecule has 12 heteroatoms. The van der Waals surface area contributed by atoms with Gasteiger partial charge < -0.3 is 10.2 Å². The van der Waals surface area contributed by atoms with Gasteiger partial charge in [0.15, 0.2) is 0 Å². The van der Waals surface area contributed by atoms with E-state index in [0.29, 0.717) is 22.4 Å². The Kier molecular flexibility index (Phi) is 10.7. The van der Waals surface area contributed by atoms with Crippen LogP contribution in [0.5, 0.6) is 0 Å². The molecule has 2 amide bonds. The van der Waals surface area contributed by atoms with Crippen LogP contribution in [0.15, 0.2) is 77.7 Å². The molecule has 42 heavy (non-hydrogen) atoms. The monoisotopic (exact) mass is 623 g/mol. The van der Waals surface area contributed by atoms with Crippen LogP contribution >= 0.6 is 11.6 Å². The van der Waals surface area contributed by atoms with Gasteiger partial charge in [-0.1, -0.05) is 66.6 Å². The average Bonchev–Trinajstić information content (AvgIpc) is 2.94. The Hall–Kier alpha value is -3.57. The summed E-state index contributed by atoms with van der Waals surface area (Å²) in [6, 6.07) is 15.3. The highest BCUT2D eigenvalue weighted by atomic mass is 35.5. The van der Waals surface area contributed by atoms with Crippen molar-refractivity contribution >= 4 is 39.1 Å². The first-order valence-electron chi connectivity index (χ1n) is 13.2. The van der Waals surface area contributed by atoms with Crippen LogP contribution < -0.4 is 9.62 Å². The normalized spacial score (nSPS) is 13.2. The van der Waals surface area contributed by atoms with Crippen LogP contribution in [0.1, 0.15) is 43.9 Å². The summed E-state index contributed by atoms with van der Waals surface area (Å²) in [6.07, 6.45) is -4.16. The van der Waals surface area contributed by atoms with Crippen LogP contribution in [0.25, 0.3) is 0 Å². The minimum atomic E-state index is -4.80. The van der Waals surface area contributed by atoms with Crippen LogP contribution in [0.3, 0.4) is 0 Å². The van der Waals surface area contributed by atoms with E-state index < -0.39 is 51.9 Å². The number of sulfonamides is 1. The topological polar surface area (TPSA) is 86.8 Å². The maximum absolute atomic E-state index is 14.0. The first kappa shape index (κ1) is 32.9. The second kappa shape index (κ2) is 13.6. The van der Waals surface area contributed by atoms with Gasteiger partial charge in [0.05, 0.1) is 21.2 Å². The molecule has 0 aliphatic rings. The molecule has 0 aliphatic carbocycles. The molecule has 0 spiro atoms. The molecule has 0 fully saturated rings. The van der Waals surface area contributed by atoms with Gasteiger partial charge in [-0.2, -0.15) is 13.2 Å². The number of rotatable bonds is 11. The third-order valence-corrected chi connectivity index (χ3v) is 8.85. The van der Waals surface area contributed by atoms with Gasteiger partial charge in [0.1, 0.15) is 12.6 Å². The Balaban J connectivity index is 2.12. The molecule has 226 valence electrons. The number of benzene rings is 3. The van der Waals surface area contributed by atoms with E-state index in [9.17, 15) is 31.2 Å². The minimum Gasteiger partial charge on any atom is -0.352 e. The summed E-state index contributed by atoms with van der Waals surface area (Å²) < 4.78 is 69.2. The van der Waals surface area contributed by atoms with E-state index in [1.807, 2.05) is 26.0 Å². The fourth-order valence-electron chi connectivity index (χ4n) is 4.17. The predicted molar refractivity (Wildman–Crippen MR) is 157 cm³/mol. The summed E-state index contributed by atoms with van der Waals surface area (Å²) >= 11 is 6.27. The Bertz CT molecular complexity index is 1520. The number of carbonyl (C=O) groups excluding carboxylic acids is 2. The number of carbonyl (C=O) groups is 2. The predicted octanol–water partition coefficient (Wildman–Crippen LogP) is 6.19. The maximum Gasteiger partial charge on any atom is 0.416 e. The van der Waals surface area contributed by atoms with Crippen LogP contribution in [0.4, 0.5) is 18.9 Å². The lowest BCUT2D eigenvalue weighted by Crippen LogP contribution is -2.52. The fraction of sp³-hybridized carbons (Fsp3) is 0.333. The lowest BCUT2D eigenvalue weighted by molar-refractivity contribution is -0.139. The van der Waals surface area contributed by atoms with E-state index in [0.717, 1.165) is 17.7 Å². The molecular weight excluding hydrogens is 591 g/mol. The lowest BCUT2D eigenvalue weighted by Gasteiger charge is -2.33. The molecule has 3 rings (SSSR count). The summed E-state index contributed by atoms with van der Waals surface area (Å²) in [5, 5.41) is 2.52. The number of amides is 2. The van der Waals surface area contributed by atoms with Crippen molar-refractivity contribution in [3.8, 4) is 0 Å². The largest absolute Gasteiger partial charge is 0.416 e. The second-order valence-electron chi connectivity index (χ2n) is 9.99. The molecule has 0 aliphatic heterocycles. The lowest BCUT2D eigenvalue weighted by atomic mass is 10.1. The Morgan fingerprint density at radius 2 is 1.64 bits per heavy atom. The van der Waals surface area contributed by atoms with E-state index in [2.05, 4.69) is 5.32 Å². The minimum absolute atomic E-state index is 0.0504. The van der Waals surface area contributed by atoms with Gasteiger partial charge in [0, 0.05) is 12.6 Å². The zero-order valence-corrected chi connectivity index (χ0v) is 25.2. The number of halogens is 4. The molecule has 0 radical (unpaired) electrons. The van der Waals surface area contributed by atoms with Crippen LogP contribution in [0, 0.1) is 6.92 Å². The fourth-order valence-corrected chi connectivity index (χ4v) is 5.88. The Labute approximate surface area is 249 Å². The number of hydrogen-bond donors (Lipinski definition) is 1. The van der Waals surface area contributed by atoms with Crippen molar-refractivity contribution in [3.63, 3.8) is 0 Å². The van der Waals surface area contributed by atoms with Gasteiger partial charge in [-0.3, -0.25) is 13.9 Å². The molecule has 0 aromatic heterocycles. The van der Waals surface area contributed by atoms with Crippen molar-refractivity contribution in [2.24, 2.45) is 0 Å². The number of alkyl halides is 3. The molecule has 0 heterocycles. The second-order valence-corrected chi connectivity index (χ2v) is 12.3. The Morgan fingerprint density at radius 1 is 0.976 bits per heavy atom. The number of hydrogen-bond acceptors (Lipinski definition) is 4. The van der Waals surface area contributed by atoms with E-state index in [1.54, 1.807) is 25.1 Å². The first-order chi connectivity index (χ1) is 19.6. The van der Waals surface area contributed by atoms with E-state index in [-0.39, 0.29) is 22.5 Å². The quantitative estimate of drug-likeness (QED) is 0.276. The zero-order valence-electron chi connectivity index (χ0n) is 23.7. The standard InChI is InChI=1S/C30H33ClF3N3O4S/c1-5-21(3)35-29(39)22(4)36(18-23-11-9-10-20(2)16-23)28(38)19-37(42(40,41)25-12-7-6-8-13-25)27-17-24(30(32,33)34)14-15-26(27)31/h6-17,21-22H,5,18-19H2,1-4H3,(H,35,39)/t21-,22-/m1/s1. The summed E-state index contributed by atoms with van der Waals surface area (Å²) in [5.41, 5.74) is -0.0711. The third-order valence-electron chi connectivity index (χ3n) is 6.76. The highest BCUT2D eigenvalue weighted by Crippen LogP contribution is 2.37. The number of aryl methyl sites for hydroxylation is 1. The van der Waals surface area contributed by atoms with Crippen LogP contribution in [-0.2, 0) is 32.3 Å². The van der Waals surface area contributed by atoms with Crippen molar-refractivity contribution in [1.82, 2.24) is 10.2 Å². The highest BCUT2D eigenvalue weighted by Gasteiger charge is 2.36. The molecule has 0 saturated heterocycles. The molecule has 0 saturated carbocycles. The highest BCUT2D eigenvalue weighted by molar-refractivity contribution is 7.92. The summed E-state index contributed by atoms with van der Waals surface area (Å²) in [5.74, 6) is -1.27. The van der Waals surface area contributed by atoms with Gasteiger partial charge in [-0.05, 0) is 63.1 Å². The smallest absolute Gasteiger partial charge is 0.352 e. The van der Waals surface area contributed by atoms with Crippen LogP contribution in [-0.4, -0.2) is 43.8 Å². The number of anilines is 1. The van der Waals surface area contributed by atoms with Crippen molar-refractivity contribution in [3.05, 3.63) is 94.5 Å². The van der Waals surface area contributed by atoms with Gasteiger partial charge >= 0.3 is 6.18 Å². The van der Waals surface area contributed by atoms with Gasteiger partial charge in [-0.15, -0.1) is 0 Å². The Morgan fingerprint density at radius 3 is 2.24 bits per heavy atom. The van der Waals surface area contributed by atoms with Gasteiger partial charge in [0.2, 0.25) is 11.8 Å². The van der Waals surface area contributed by atoms with Crippen molar-refractivity contribution in [2.45, 2.75) is 63.8 Å².